The Bertz CT molecular complexity index is 437. The van der Waals surface area contributed by atoms with Crippen LogP contribution in [0.4, 0.5) is 0 Å². The van der Waals surface area contributed by atoms with Gasteiger partial charge in [0.25, 0.3) is 0 Å². The minimum absolute atomic E-state index is 0.578. The summed E-state index contributed by atoms with van der Waals surface area (Å²) in [5.74, 6) is 1.90. The average molecular weight is 263 g/mol. The Hall–Kier alpha value is -1.22. The lowest BCUT2D eigenvalue weighted by Crippen LogP contribution is -2.35. The molecular weight excluding hydrogens is 238 g/mol. The lowest BCUT2D eigenvalue weighted by atomic mass is 9.93. The van der Waals surface area contributed by atoms with Crippen molar-refractivity contribution in [2.24, 2.45) is 0 Å². The van der Waals surface area contributed by atoms with Crippen LogP contribution < -0.4 is 14.8 Å². The van der Waals surface area contributed by atoms with Gasteiger partial charge in [0.2, 0.25) is 0 Å². The Morgan fingerprint density at radius 3 is 2.58 bits per heavy atom. The van der Waals surface area contributed by atoms with Crippen molar-refractivity contribution in [2.75, 3.05) is 20.8 Å². The van der Waals surface area contributed by atoms with Gasteiger partial charge in [0.05, 0.1) is 14.2 Å². The van der Waals surface area contributed by atoms with Gasteiger partial charge in [-0.25, -0.2) is 0 Å². The predicted octanol–water partition coefficient (Wildman–Crippen LogP) is 3.01. The Labute approximate surface area is 116 Å². The molecule has 1 aliphatic heterocycles. The molecule has 1 aromatic rings. The van der Waals surface area contributed by atoms with Crippen molar-refractivity contribution in [3.8, 4) is 11.5 Å². The van der Waals surface area contributed by atoms with Crippen molar-refractivity contribution in [1.29, 1.82) is 0 Å². The van der Waals surface area contributed by atoms with E-state index in [2.05, 4.69) is 25.2 Å². The molecule has 1 fully saturated rings. The lowest BCUT2D eigenvalue weighted by molar-refractivity contribution is 0.371. The third kappa shape index (κ3) is 3.03. The second-order valence-electron chi connectivity index (χ2n) is 5.38. The van der Waals surface area contributed by atoms with Gasteiger partial charge in [-0.15, -0.1) is 0 Å². The molecule has 1 atom stereocenters. The Morgan fingerprint density at radius 1 is 1.21 bits per heavy atom. The molecule has 1 aromatic carbocycles. The number of aryl methyl sites for hydroxylation is 1. The summed E-state index contributed by atoms with van der Waals surface area (Å²) in [5, 5.41) is 3.61. The van der Waals surface area contributed by atoms with Gasteiger partial charge in [-0.1, -0.05) is 6.42 Å². The molecule has 0 saturated carbocycles. The zero-order valence-electron chi connectivity index (χ0n) is 12.5. The van der Waals surface area contributed by atoms with Crippen LogP contribution in [0.1, 0.15) is 36.0 Å². The van der Waals surface area contributed by atoms with Crippen LogP contribution in [-0.2, 0) is 6.42 Å². The van der Waals surface area contributed by atoms with E-state index in [0.29, 0.717) is 6.04 Å². The minimum Gasteiger partial charge on any atom is -0.496 e. The van der Waals surface area contributed by atoms with E-state index in [-0.39, 0.29) is 0 Å². The average Bonchev–Trinajstić information content (AvgIpc) is 2.44. The molecule has 3 nitrogen and oxygen atoms in total. The summed E-state index contributed by atoms with van der Waals surface area (Å²) in [6.45, 7) is 5.35. The monoisotopic (exact) mass is 263 g/mol. The zero-order valence-corrected chi connectivity index (χ0v) is 12.5. The van der Waals surface area contributed by atoms with E-state index in [0.717, 1.165) is 30.0 Å². The molecule has 19 heavy (non-hydrogen) atoms. The molecule has 0 amide bonds. The van der Waals surface area contributed by atoms with E-state index in [1.807, 2.05) is 0 Å². The van der Waals surface area contributed by atoms with Crippen molar-refractivity contribution in [3.05, 3.63) is 22.8 Å². The molecular formula is C16H25NO2. The van der Waals surface area contributed by atoms with Crippen LogP contribution >= 0.6 is 0 Å². The first-order valence-electron chi connectivity index (χ1n) is 7.11. The normalized spacial score (nSPS) is 19.3. The smallest absolute Gasteiger partial charge is 0.128 e. The van der Waals surface area contributed by atoms with E-state index >= 15 is 0 Å². The van der Waals surface area contributed by atoms with Crippen molar-refractivity contribution >= 4 is 0 Å². The maximum absolute atomic E-state index is 5.63. The molecule has 0 bridgehead atoms. The van der Waals surface area contributed by atoms with Crippen LogP contribution in [0.25, 0.3) is 0 Å². The second-order valence-corrected chi connectivity index (χ2v) is 5.38. The molecule has 1 heterocycles. The summed E-state index contributed by atoms with van der Waals surface area (Å²) in [6, 6.07) is 2.70. The molecule has 1 N–H and O–H groups in total. The molecule has 0 aromatic heterocycles. The van der Waals surface area contributed by atoms with E-state index in [9.17, 15) is 0 Å². The van der Waals surface area contributed by atoms with E-state index in [4.69, 9.17) is 9.47 Å². The van der Waals surface area contributed by atoms with Crippen molar-refractivity contribution < 1.29 is 9.47 Å². The molecule has 1 unspecified atom stereocenters. The lowest BCUT2D eigenvalue weighted by Gasteiger charge is -2.26. The van der Waals surface area contributed by atoms with Crippen LogP contribution in [0.3, 0.4) is 0 Å². The molecule has 2 rings (SSSR count). The first-order chi connectivity index (χ1) is 9.17. The Kier molecular flexibility index (Phi) is 4.70. The summed E-state index contributed by atoms with van der Waals surface area (Å²) < 4.78 is 11.1. The number of benzene rings is 1. The number of hydrogen-bond donors (Lipinski definition) is 1. The predicted molar refractivity (Wildman–Crippen MR) is 78.4 cm³/mol. The van der Waals surface area contributed by atoms with E-state index in [1.54, 1.807) is 14.2 Å². The highest BCUT2D eigenvalue weighted by molar-refractivity contribution is 5.53. The molecule has 0 aliphatic carbocycles. The number of ether oxygens (including phenoxy) is 2. The number of piperidine rings is 1. The third-order valence-electron chi connectivity index (χ3n) is 4.09. The quantitative estimate of drug-likeness (QED) is 0.906. The largest absolute Gasteiger partial charge is 0.496 e. The van der Waals surface area contributed by atoms with Gasteiger partial charge in [0.15, 0.2) is 0 Å². The maximum Gasteiger partial charge on any atom is 0.128 e. The summed E-state index contributed by atoms with van der Waals surface area (Å²) in [5.41, 5.74) is 3.67. The molecule has 3 heteroatoms. The van der Waals surface area contributed by atoms with Gasteiger partial charge in [0.1, 0.15) is 11.5 Å². The van der Waals surface area contributed by atoms with Crippen molar-refractivity contribution in [2.45, 2.75) is 45.6 Å². The standard InChI is InChI=1S/C16H25NO2/c1-11-9-15(18-3)12(2)16(19-4)14(11)10-13-7-5-6-8-17-13/h9,13,17H,5-8,10H2,1-4H3. The van der Waals surface area contributed by atoms with Crippen LogP contribution in [-0.4, -0.2) is 26.8 Å². The highest BCUT2D eigenvalue weighted by atomic mass is 16.5. The fourth-order valence-electron chi connectivity index (χ4n) is 3.00. The molecule has 106 valence electrons. The highest BCUT2D eigenvalue weighted by Crippen LogP contribution is 2.35. The van der Waals surface area contributed by atoms with E-state index in [1.165, 1.54) is 30.4 Å². The fourth-order valence-corrected chi connectivity index (χ4v) is 3.00. The van der Waals surface area contributed by atoms with Crippen molar-refractivity contribution in [3.63, 3.8) is 0 Å². The van der Waals surface area contributed by atoms with Gasteiger partial charge in [-0.3, -0.25) is 0 Å². The molecule has 0 spiro atoms. The summed E-state index contributed by atoms with van der Waals surface area (Å²) in [7, 11) is 3.46. The fraction of sp³-hybridized carbons (Fsp3) is 0.625. The van der Waals surface area contributed by atoms with Gasteiger partial charge in [0, 0.05) is 11.6 Å². The zero-order chi connectivity index (χ0) is 13.8. The number of rotatable bonds is 4. The highest BCUT2D eigenvalue weighted by Gasteiger charge is 2.19. The topological polar surface area (TPSA) is 30.5 Å². The van der Waals surface area contributed by atoms with Crippen LogP contribution in [0.15, 0.2) is 6.07 Å². The maximum atomic E-state index is 5.63. The Balaban J connectivity index is 2.30. The first kappa shape index (κ1) is 14.2. The number of methoxy groups -OCH3 is 2. The minimum atomic E-state index is 0.578. The van der Waals surface area contributed by atoms with Gasteiger partial charge in [-0.05, 0) is 56.8 Å². The van der Waals surface area contributed by atoms with Gasteiger partial charge in [-0.2, -0.15) is 0 Å². The number of nitrogens with one attached hydrogen (secondary N) is 1. The first-order valence-corrected chi connectivity index (χ1v) is 7.11. The molecule has 0 radical (unpaired) electrons. The summed E-state index contributed by atoms with van der Waals surface area (Å²) in [4.78, 5) is 0. The Morgan fingerprint density at radius 2 is 2.00 bits per heavy atom. The summed E-state index contributed by atoms with van der Waals surface area (Å²) >= 11 is 0. The third-order valence-corrected chi connectivity index (χ3v) is 4.09. The molecule has 1 saturated heterocycles. The van der Waals surface area contributed by atoms with Crippen LogP contribution in [0.5, 0.6) is 11.5 Å². The van der Waals surface area contributed by atoms with Gasteiger partial charge >= 0.3 is 0 Å². The van der Waals surface area contributed by atoms with Crippen LogP contribution in [0.2, 0.25) is 0 Å². The van der Waals surface area contributed by atoms with Gasteiger partial charge < -0.3 is 14.8 Å². The summed E-state index contributed by atoms with van der Waals surface area (Å²) in [6.07, 6.45) is 4.93. The molecule has 1 aliphatic rings. The van der Waals surface area contributed by atoms with Crippen LogP contribution in [0, 0.1) is 13.8 Å². The van der Waals surface area contributed by atoms with E-state index < -0.39 is 0 Å². The van der Waals surface area contributed by atoms with Crippen molar-refractivity contribution in [1.82, 2.24) is 5.32 Å². The second kappa shape index (κ2) is 6.29. The number of hydrogen-bond acceptors (Lipinski definition) is 3. The SMILES string of the molecule is COc1cc(C)c(CC2CCCCN2)c(OC)c1C.